The highest BCUT2D eigenvalue weighted by Gasteiger charge is 2.14. The van der Waals surface area contributed by atoms with Gasteiger partial charge in [-0.2, -0.15) is 11.3 Å². The smallest absolute Gasteiger partial charge is 0.286 e. The number of rotatable bonds is 5. The van der Waals surface area contributed by atoms with E-state index in [4.69, 9.17) is 11.6 Å². The third-order valence-electron chi connectivity index (χ3n) is 3.28. The lowest BCUT2D eigenvalue weighted by Gasteiger charge is -2.03. The minimum Gasteiger partial charge on any atom is -0.320 e. The van der Waals surface area contributed by atoms with E-state index in [2.05, 4.69) is 22.4 Å². The van der Waals surface area contributed by atoms with Gasteiger partial charge < -0.3 is 5.32 Å². The molecule has 0 radical (unpaired) electrons. The van der Waals surface area contributed by atoms with Gasteiger partial charge >= 0.3 is 0 Å². The number of anilines is 1. The Morgan fingerprint density at radius 2 is 1.96 bits per heavy atom. The first-order valence-corrected chi connectivity index (χ1v) is 9.43. The molecule has 0 aliphatic carbocycles. The van der Waals surface area contributed by atoms with Crippen molar-refractivity contribution in [3.63, 3.8) is 0 Å². The molecule has 0 aliphatic heterocycles. The van der Waals surface area contributed by atoms with Crippen LogP contribution in [0.15, 0.2) is 41.1 Å². The van der Waals surface area contributed by atoms with E-state index in [1.807, 2.05) is 47.2 Å². The van der Waals surface area contributed by atoms with Gasteiger partial charge in [0.05, 0.1) is 5.03 Å². The second kappa shape index (κ2) is 7.70. The molecule has 0 unspecified atom stereocenters. The molecule has 2 heterocycles. The van der Waals surface area contributed by atoms with E-state index >= 15 is 0 Å². The predicted molar refractivity (Wildman–Crippen MR) is 102 cm³/mol. The van der Waals surface area contributed by atoms with Gasteiger partial charge in [-0.15, -0.1) is 10.2 Å². The lowest BCUT2D eigenvalue weighted by atomic mass is 10.1. The Kier molecular flexibility index (Phi) is 5.40. The average Bonchev–Trinajstić information content (AvgIpc) is 3.27. The highest BCUT2D eigenvalue weighted by atomic mass is 35.5. The van der Waals surface area contributed by atoms with Crippen molar-refractivity contribution >= 4 is 57.0 Å². The van der Waals surface area contributed by atoms with Crippen LogP contribution in [-0.4, -0.2) is 16.1 Å². The highest BCUT2D eigenvalue weighted by molar-refractivity contribution is 7.15. The summed E-state index contributed by atoms with van der Waals surface area (Å²) in [5.41, 5.74) is 2.95. The molecule has 1 N–H and O–H groups in total. The molecule has 1 amide bonds. The molecule has 0 aliphatic rings. The summed E-state index contributed by atoms with van der Waals surface area (Å²) >= 11 is 9.01. The van der Waals surface area contributed by atoms with Gasteiger partial charge in [0.1, 0.15) is 0 Å². The lowest BCUT2D eigenvalue weighted by molar-refractivity contribution is 0.102. The molecule has 2 aromatic heterocycles. The predicted octanol–water partition coefficient (Wildman–Crippen LogP) is 5.15. The van der Waals surface area contributed by atoms with Crippen LogP contribution in [0.25, 0.3) is 11.1 Å². The third kappa shape index (κ3) is 4.08. The molecule has 0 atom stereocenters. The van der Waals surface area contributed by atoms with E-state index in [9.17, 15) is 4.79 Å². The zero-order valence-electron chi connectivity index (χ0n) is 12.8. The first-order valence-electron chi connectivity index (χ1n) is 7.29. The summed E-state index contributed by atoms with van der Waals surface area (Å²) in [7, 11) is 0. The van der Waals surface area contributed by atoms with Crippen molar-refractivity contribution in [1.29, 1.82) is 0 Å². The second-order valence-electron chi connectivity index (χ2n) is 4.97. The average molecular weight is 376 g/mol. The SMILES string of the molecule is CCc1ccc(NC(=O)c2nnc(C(Cl)=Cc3ccsc3)s2)cc1. The number of nitrogens with zero attached hydrogens (tertiary/aromatic N) is 2. The zero-order chi connectivity index (χ0) is 16.9. The molecule has 0 fully saturated rings. The summed E-state index contributed by atoms with van der Waals surface area (Å²) in [6, 6.07) is 9.69. The van der Waals surface area contributed by atoms with Crippen LogP contribution in [0.3, 0.4) is 0 Å². The Morgan fingerprint density at radius 3 is 2.62 bits per heavy atom. The fourth-order valence-corrected chi connectivity index (χ4v) is 3.53. The van der Waals surface area contributed by atoms with Crippen molar-refractivity contribution < 1.29 is 4.79 Å². The maximum Gasteiger partial charge on any atom is 0.286 e. The van der Waals surface area contributed by atoms with Crippen LogP contribution >= 0.6 is 34.3 Å². The van der Waals surface area contributed by atoms with Crippen molar-refractivity contribution in [3.8, 4) is 0 Å². The fourth-order valence-electron chi connectivity index (χ4n) is 1.99. The molecule has 4 nitrogen and oxygen atoms in total. The van der Waals surface area contributed by atoms with Crippen LogP contribution in [0, 0.1) is 0 Å². The maximum absolute atomic E-state index is 12.3. The summed E-state index contributed by atoms with van der Waals surface area (Å²) in [5.74, 6) is -0.289. The molecule has 3 rings (SSSR count). The minimum absolute atomic E-state index is 0.279. The van der Waals surface area contributed by atoms with E-state index in [0.29, 0.717) is 10.0 Å². The van der Waals surface area contributed by atoms with Gasteiger partial charge in [0.25, 0.3) is 5.91 Å². The second-order valence-corrected chi connectivity index (χ2v) is 7.13. The van der Waals surface area contributed by atoms with E-state index < -0.39 is 0 Å². The molecule has 0 bridgehead atoms. The van der Waals surface area contributed by atoms with Crippen molar-refractivity contribution in [2.24, 2.45) is 0 Å². The number of hydrogen-bond donors (Lipinski definition) is 1. The highest BCUT2D eigenvalue weighted by Crippen LogP contribution is 2.26. The molecular formula is C17H14ClN3OS2. The molecule has 0 saturated heterocycles. The minimum atomic E-state index is -0.289. The van der Waals surface area contributed by atoms with Crippen LogP contribution in [0.5, 0.6) is 0 Å². The zero-order valence-corrected chi connectivity index (χ0v) is 15.2. The molecule has 1 aromatic carbocycles. The quantitative estimate of drug-likeness (QED) is 0.670. The van der Waals surface area contributed by atoms with Crippen molar-refractivity contribution in [1.82, 2.24) is 10.2 Å². The largest absolute Gasteiger partial charge is 0.320 e. The number of halogens is 1. The Hall–Kier alpha value is -2.02. The number of carbonyl (C=O) groups is 1. The summed E-state index contributed by atoms with van der Waals surface area (Å²) in [5, 5.41) is 16.0. The molecular weight excluding hydrogens is 362 g/mol. The van der Waals surface area contributed by atoms with Gasteiger partial charge in [0.15, 0.2) is 5.01 Å². The van der Waals surface area contributed by atoms with Crippen molar-refractivity contribution in [3.05, 3.63) is 62.2 Å². The lowest BCUT2D eigenvalue weighted by Crippen LogP contribution is -2.11. The van der Waals surface area contributed by atoms with E-state index in [-0.39, 0.29) is 10.9 Å². The van der Waals surface area contributed by atoms with Crippen LogP contribution in [0.1, 0.15) is 32.9 Å². The molecule has 0 saturated carbocycles. The monoisotopic (exact) mass is 375 g/mol. The van der Waals surface area contributed by atoms with Crippen molar-refractivity contribution in [2.75, 3.05) is 5.32 Å². The van der Waals surface area contributed by atoms with Gasteiger partial charge in [-0.1, -0.05) is 42.0 Å². The molecule has 7 heteroatoms. The maximum atomic E-state index is 12.3. The van der Waals surface area contributed by atoms with Gasteiger partial charge in [-0.05, 0) is 52.6 Å². The standard InChI is InChI=1S/C17H14ClN3OS2/c1-2-11-3-5-13(6-4-11)19-15(22)17-21-20-16(24-17)14(18)9-12-7-8-23-10-12/h3-10H,2H2,1H3,(H,19,22). The number of aryl methyl sites for hydroxylation is 1. The van der Waals surface area contributed by atoms with Crippen molar-refractivity contribution in [2.45, 2.75) is 13.3 Å². The Bertz CT molecular complexity index is 854. The molecule has 122 valence electrons. The number of carbonyl (C=O) groups excluding carboxylic acids is 1. The van der Waals surface area contributed by atoms with Crippen LogP contribution in [-0.2, 0) is 6.42 Å². The normalized spacial score (nSPS) is 11.5. The van der Waals surface area contributed by atoms with Gasteiger partial charge in [-0.3, -0.25) is 4.79 Å². The first-order chi connectivity index (χ1) is 11.7. The topological polar surface area (TPSA) is 54.9 Å². The molecule has 0 spiro atoms. The summed E-state index contributed by atoms with van der Waals surface area (Å²) in [6.07, 6.45) is 2.77. The van der Waals surface area contributed by atoms with Crippen LogP contribution < -0.4 is 5.32 Å². The number of hydrogen-bond acceptors (Lipinski definition) is 5. The van der Waals surface area contributed by atoms with Crippen LogP contribution in [0.4, 0.5) is 5.69 Å². The number of thiophene rings is 1. The van der Waals surface area contributed by atoms with Gasteiger partial charge in [0.2, 0.25) is 5.01 Å². The Balaban J connectivity index is 1.71. The Labute approximate surface area is 152 Å². The third-order valence-corrected chi connectivity index (χ3v) is 5.34. The number of amides is 1. The number of nitrogens with one attached hydrogen (secondary N) is 1. The van der Waals surface area contributed by atoms with E-state index in [0.717, 1.165) is 17.7 Å². The summed E-state index contributed by atoms with van der Waals surface area (Å²) < 4.78 is 0. The van der Waals surface area contributed by atoms with Gasteiger partial charge in [0, 0.05) is 5.69 Å². The van der Waals surface area contributed by atoms with Gasteiger partial charge in [-0.25, -0.2) is 0 Å². The molecule has 24 heavy (non-hydrogen) atoms. The summed E-state index contributed by atoms with van der Waals surface area (Å²) in [6.45, 7) is 2.09. The van der Waals surface area contributed by atoms with Crippen LogP contribution in [0.2, 0.25) is 0 Å². The number of aromatic nitrogens is 2. The summed E-state index contributed by atoms with van der Waals surface area (Å²) in [4.78, 5) is 12.3. The first kappa shape index (κ1) is 16.8. The fraction of sp³-hybridized carbons (Fsp3) is 0.118. The van der Waals surface area contributed by atoms with E-state index in [1.54, 1.807) is 11.3 Å². The van der Waals surface area contributed by atoms with E-state index in [1.165, 1.54) is 16.9 Å². The number of benzene rings is 1. The Morgan fingerprint density at radius 1 is 1.21 bits per heavy atom. The molecule has 3 aromatic rings.